The number of carboxylic acid groups (broad SMARTS) is 1. The number of ether oxygens (including phenoxy) is 3. The number of aliphatic hydroxyl groups excluding tert-OH is 3. The van der Waals surface area contributed by atoms with Gasteiger partial charge in [-0.15, -0.1) is 0 Å². The van der Waals surface area contributed by atoms with E-state index in [1.807, 2.05) is 0 Å². The van der Waals surface area contributed by atoms with Gasteiger partial charge in [0.25, 0.3) is 0 Å². The van der Waals surface area contributed by atoms with Crippen molar-refractivity contribution in [1.82, 2.24) is 0 Å². The van der Waals surface area contributed by atoms with Crippen molar-refractivity contribution < 1.29 is 44.2 Å². The van der Waals surface area contributed by atoms with Crippen LogP contribution in [0.15, 0.2) is 24.3 Å². The monoisotopic (exact) mass is 340 g/mol. The maximum Gasteiger partial charge on any atom is 0.335 e. The van der Waals surface area contributed by atoms with Crippen LogP contribution in [-0.2, 0) is 19.1 Å². The summed E-state index contributed by atoms with van der Waals surface area (Å²) in [6.07, 6.45) is -8.91. The van der Waals surface area contributed by atoms with Gasteiger partial charge in [-0.1, -0.05) is 18.2 Å². The van der Waals surface area contributed by atoms with Gasteiger partial charge in [-0.05, 0) is 6.07 Å². The summed E-state index contributed by atoms with van der Waals surface area (Å²) in [5.74, 6) is -1.29. The topological polar surface area (TPSA) is 146 Å². The summed E-state index contributed by atoms with van der Waals surface area (Å²) in [7, 11) is 0. The lowest BCUT2D eigenvalue weighted by molar-refractivity contribution is -0.271. The summed E-state index contributed by atoms with van der Waals surface area (Å²) >= 11 is 0. The lowest BCUT2D eigenvalue weighted by atomic mass is 9.99. The van der Waals surface area contributed by atoms with Crippen LogP contribution < -0.4 is 4.74 Å². The van der Waals surface area contributed by atoms with Gasteiger partial charge >= 0.3 is 5.97 Å². The van der Waals surface area contributed by atoms with Crippen LogP contribution in [0.4, 0.5) is 0 Å². The molecule has 7 unspecified atom stereocenters. The zero-order chi connectivity index (χ0) is 17.4. The lowest BCUT2D eigenvalue weighted by Gasteiger charge is -2.38. The van der Waals surface area contributed by atoms with E-state index in [0.29, 0.717) is 11.8 Å². The highest BCUT2D eigenvalue weighted by Crippen LogP contribution is 2.42. The normalized spacial score (nSPS) is 38.4. The molecule has 9 heteroatoms. The molecule has 1 aromatic rings. The van der Waals surface area contributed by atoms with Gasteiger partial charge in [0.05, 0.1) is 0 Å². The van der Waals surface area contributed by atoms with E-state index in [9.17, 15) is 24.9 Å². The predicted octanol–water partition coefficient (Wildman–Crippen LogP) is -1.40. The van der Waals surface area contributed by atoms with Crippen molar-refractivity contribution >= 4 is 12.3 Å². The van der Waals surface area contributed by atoms with Crippen molar-refractivity contribution in [2.24, 2.45) is 0 Å². The minimum absolute atomic E-state index is 0.212. The Morgan fingerprint density at radius 2 is 1.79 bits per heavy atom. The zero-order valence-electron chi connectivity index (χ0n) is 12.3. The second-order valence-electron chi connectivity index (χ2n) is 5.55. The molecule has 2 fully saturated rings. The van der Waals surface area contributed by atoms with E-state index in [4.69, 9.17) is 19.3 Å². The first-order valence-corrected chi connectivity index (χ1v) is 7.23. The summed E-state index contributed by atoms with van der Waals surface area (Å²) in [5.41, 5.74) is 0.526. The molecule has 24 heavy (non-hydrogen) atoms. The van der Waals surface area contributed by atoms with Gasteiger partial charge in [-0.3, -0.25) is 0 Å². The van der Waals surface area contributed by atoms with Gasteiger partial charge in [-0.25, -0.2) is 4.79 Å². The van der Waals surface area contributed by atoms with E-state index < -0.39 is 48.9 Å². The highest BCUT2D eigenvalue weighted by molar-refractivity contribution is 5.73. The Labute approximate surface area is 136 Å². The zero-order valence-corrected chi connectivity index (χ0v) is 12.3. The van der Waals surface area contributed by atoms with Crippen molar-refractivity contribution in [3.8, 4) is 5.75 Å². The third kappa shape index (κ3) is 2.99. The van der Waals surface area contributed by atoms with E-state index in [2.05, 4.69) is 0 Å². The fourth-order valence-corrected chi connectivity index (χ4v) is 2.58. The van der Waals surface area contributed by atoms with Gasteiger partial charge in [0.2, 0.25) is 6.29 Å². The van der Waals surface area contributed by atoms with E-state index in [1.165, 1.54) is 6.07 Å². The summed E-state index contributed by atoms with van der Waals surface area (Å²) in [4.78, 5) is 21.8. The Balaban J connectivity index is 1.80. The number of epoxide rings is 1. The van der Waals surface area contributed by atoms with Crippen LogP contribution in [0, 0.1) is 0 Å². The fourth-order valence-electron chi connectivity index (χ4n) is 2.58. The number of carboxylic acids is 1. The van der Waals surface area contributed by atoms with E-state index in [1.54, 1.807) is 18.2 Å². The third-order valence-corrected chi connectivity index (χ3v) is 3.94. The molecule has 2 saturated heterocycles. The Bertz CT molecular complexity index is 633. The number of rotatable bonds is 5. The molecule has 0 bridgehead atoms. The predicted molar refractivity (Wildman–Crippen MR) is 75.1 cm³/mol. The van der Waals surface area contributed by atoms with Crippen LogP contribution in [0.5, 0.6) is 5.75 Å². The second-order valence-corrected chi connectivity index (χ2v) is 5.55. The molecular weight excluding hydrogens is 324 g/mol. The molecule has 0 aromatic heterocycles. The molecule has 2 heterocycles. The molecule has 0 aliphatic carbocycles. The molecule has 7 atom stereocenters. The SMILES string of the molecule is O=CC1OC1c1ccccc1OC1OC(C(=O)O)C(O)C(O)C1O. The van der Waals surface area contributed by atoms with Crippen molar-refractivity contribution in [3.63, 3.8) is 0 Å². The molecule has 0 amide bonds. The Kier molecular flexibility index (Phi) is 4.52. The van der Waals surface area contributed by atoms with E-state index >= 15 is 0 Å². The molecule has 2 aliphatic rings. The van der Waals surface area contributed by atoms with Crippen LogP contribution >= 0.6 is 0 Å². The average Bonchev–Trinajstić information content (AvgIpc) is 3.35. The van der Waals surface area contributed by atoms with E-state index in [0.717, 1.165) is 0 Å². The van der Waals surface area contributed by atoms with Gasteiger partial charge < -0.3 is 39.4 Å². The number of aldehydes is 1. The smallest absolute Gasteiger partial charge is 0.335 e. The molecule has 0 radical (unpaired) electrons. The number of hydrogen-bond acceptors (Lipinski definition) is 8. The first-order valence-electron chi connectivity index (χ1n) is 7.23. The number of aliphatic hydroxyl groups is 3. The number of hydrogen-bond donors (Lipinski definition) is 4. The second kappa shape index (κ2) is 6.46. The number of benzene rings is 1. The molecule has 130 valence electrons. The average molecular weight is 340 g/mol. The summed E-state index contributed by atoms with van der Waals surface area (Å²) < 4.78 is 15.7. The maximum atomic E-state index is 11.1. The molecule has 4 N–H and O–H groups in total. The molecule has 2 aliphatic heterocycles. The number of aliphatic carboxylic acids is 1. The third-order valence-electron chi connectivity index (χ3n) is 3.94. The van der Waals surface area contributed by atoms with Crippen molar-refractivity contribution in [1.29, 1.82) is 0 Å². The lowest BCUT2D eigenvalue weighted by Crippen LogP contribution is -2.61. The summed E-state index contributed by atoms with van der Waals surface area (Å²) in [6.45, 7) is 0. The molecular formula is C15H16O9. The largest absolute Gasteiger partial charge is 0.479 e. The highest BCUT2D eigenvalue weighted by atomic mass is 16.7. The van der Waals surface area contributed by atoms with Crippen molar-refractivity contribution in [2.75, 3.05) is 0 Å². The molecule has 9 nitrogen and oxygen atoms in total. The van der Waals surface area contributed by atoms with E-state index in [-0.39, 0.29) is 5.75 Å². The quantitative estimate of drug-likeness (QED) is 0.375. The van der Waals surface area contributed by atoms with Crippen molar-refractivity contribution in [3.05, 3.63) is 29.8 Å². The number of carbonyl (C=O) groups excluding carboxylic acids is 1. The first kappa shape index (κ1) is 16.8. The van der Waals surface area contributed by atoms with Crippen LogP contribution in [0.1, 0.15) is 11.7 Å². The van der Waals surface area contributed by atoms with Crippen LogP contribution in [0.25, 0.3) is 0 Å². The molecule has 0 saturated carbocycles. The molecule has 0 spiro atoms. The van der Waals surface area contributed by atoms with Gasteiger partial charge in [0.1, 0.15) is 36.3 Å². The molecule has 1 aromatic carbocycles. The Morgan fingerprint density at radius 3 is 2.42 bits per heavy atom. The standard InChI is InChI=1S/C15H16O9/c16-5-8-12(22-8)6-3-1-2-4-7(6)23-15-11(19)9(17)10(18)13(24-15)14(20)21/h1-5,8-13,15,17-19H,(H,20,21). The first-order chi connectivity index (χ1) is 11.4. The van der Waals surface area contributed by atoms with Crippen LogP contribution in [0.2, 0.25) is 0 Å². The maximum absolute atomic E-state index is 11.1. The van der Waals surface area contributed by atoms with Crippen LogP contribution in [0.3, 0.4) is 0 Å². The minimum atomic E-state index is -1.79. The van der Waals surface area contributed by atoms with Crippen LogP contribution in [-0.4, -0.2) is 69.5 Å². The molecule has 3 rings (SSSR count). The summed E-state index contributed by atoms with van der Waals surface area (Å²) in [5, 5.41) is 38.4. The Hall–Kier alpha value is -2.04. The number of para-hydroxylation sites is 1. The Morgan fingerprint density at radius 1 is 1.08 bits per heavy atom. The summed E-state index contributed by atoms with van der Waals surface area (Å²) in [6, 6.07) is 6.51. The fraction of sp³-hybridized carbons (Fsp3) is 0.467. The minimum Gasteiger partial charge on any atom is -0.479 e. The van der Waals surface area contributed by atoms with Crippen molar-refractivity contribution in [2.45, 2.75) is 42.9 Å². The van der Waals surface area contributed by atoms with Gasteiger partial charge in [0, 0.05) is 5.56 Å². The number of carbonyl (C=O) groups is 2. The van der Waals surface area contributed by atoms with Gasteiger partial charge in [-0.2, -0.15) is 0 Å². The highest BCUT2D eigenvalue weighted by Gasteiger charge is 2.49. The van der Waals surface area contributed by atoms with Gasteiger partial charge in [0.15, 0.2) is 12.4 Å².